The number of nitrogens with zero attached hydrogens (tertiary/aromatic N) is 2. The Morgan fingerprint density at radius 3 is 2.76 bits per heavy atom. The van der Waals surface area contributed by atoms with Crippen molar-refractivity contribution in [3.63, 3.8) is 0 Å². The van der Waals surface area contributed by atoms with Crippen LogP contribution in [-0.2, 0) is 7.05 Å². The molecule has 0 radical (unpaired) electrons. The number of anilines is 1. The van der Waals surface area contributed by atoms with Crippen LogP contribution in [0, 0.1) is 5.82 Å². The van der Waals surface area contributed by atoms with Gasteiger partial charge in [-0.05, 0) is 34.1 Å². The van der Waals surface area contributed by atoms with Crippen molar-refractivity contribution < 1.29 is 4.39 Å². The molecule has 0 saturated carbocycles. The highest BCUT2D eigenvalue weighted by atomic mass is 79.9. The van der Waals surface area contributed by atoms with E-state index < -0.39 is 5.82 Å². The highest BCUT2D eigenvalue weighted by molar-refractivity contribution is 9.11. The van der Waals surface area contributed by atoms with Crippen LogP contribution >= 0.6 is 38.9 Å². The maximum absolute atomic E-state index is 14.3. The van der Waals surface area contributed by atoms with E-state index >= 15 is 0 Å². The Kier molecular flexibility index (Phi) is 3.77. The molecule has 0 bridgehead atoms. The number of nitrogens with two attached hydrogens (primary N) is 1. The van der Waals surface area contributed by atoms with Crippen molar-refractivity contribution in [2.75, 3.05) is 5.73 Å². The summed E-state index contributed by atoms with van der Waals surface area (Å²) in [4.78, 5) is 0.906. The maximum atomic E-state index is 14.3. The summed E-state index contributed by atoms with van der Waals surface area (Å²) in [5.74, 6) is -0.0913. The fourth-order valence-electron chi connectivity index (χ4n) is 2.11. The molecule has 0 aliphatic carbocycles. The second-order valence-corrected chi connectivity index (χ2v) is 7.31. The summed E-state index contributed by atoms with van der Waals surface area (Å²) < 4.78 is 16.9. The van der Waals surface area contributed by atoms with Crippen molar-refractivity contribution in [1.82, 2.24) is 9.78 Å². The third-order valence-electron chi connectivity index (χ3n) is 3.12. The Hall–Kier alpha value is -1.37. The molecule has 2 heterocycles. The first-order chi connectivity index (χ1) is 9.99. The first-order valence-corrected chi connectivity index (χ1v) is 8.00. The quantitative estimate of drug-likeness (QED) is 0.677. The standard InChI is InChI=1S/C14H10BrClFN3S/c1-20-14(18)11(7-3-2-4-8(16)12(7)17)13(19-20)9-5-6-10(15)21-9/h2-6H,18H2,1H3. The molecule has 0 saturated heterocycles. The molecule has 3 nitrogen and oxygen atoms in total. The summed E-state index contributed by atoms with van der Waals surface area (Å²) in [7, 11) is 1.73. The molecule has 0 aliphatic rings. The van der Waals surface area contributed by atoms with Crippen molar-refractivity contribution >= 4 is 44.7 Å². The number of benzene rings is 1. The van der Waals surface area contributed by atoms with E-state index in [9.17, 15) is 4.39 Å². The Bertz CT molecular complexity index is 828. The lowest BCUT2D eigenvalue weighted by atomic mass is 10.0. The zero-order valence-corrected chi connectivity index (χ0v) is 14.1. The largest absolute Gasteiger partial charge is 0.383 e. The molecular weight excluding hydrogens is 377 g/mol. The number of nitrogen functional groups attached to an aromatic ring is 1. The van der Waals surface area contributed by atoms with Crippen LogP contribution in [0.1, 0.15) is 0 Å². The van der Waals surface area contributed by atoms with Gasteiger partial charge in [-0.2, -0.15) is 5.10 Å². The van der Waals surface area contributed by atoms with Gasteiger partial charge in [0.15, 0.2) is 0 Å². The van der Waals surface area contributed by atoms with E-state index in [4.69, 9.17) is 17.3 Å². The molecule has 3 rings (SSSR count). The molecule has 2 N–H and O–H groups in total. The van der Waals surface area contributed by atoms with E-state index in [0.29, 0.717) is 22.6 Å². The first-order valence-electron chi connectivity index (χ1n) is 6.01. The zero-order valence-electron chi connectivity index (χ0n) is 10.9. The van der Waals surface area contributed by atoms with Gasteiger partial charge in [0.05, 0.1) is 19.2 Å². The Morgan fingerprint density at radius 1 is 1.33 bits per heavy atom. The van der Waals surface area contributed by atoms with E-state index in [1.807, 2.05) is 12.1 Å². The van der Waals surface area contributed by atoms with Crippen molar-refractivity contribution in [3.8, 4) is 21.7 Å². The van der Waals surface area contributed by atoms with Gasteiger partial charge in [-0.15, -0.1) is 11.3 Å². The van der Waals surface area contributed by atoms with E-state index in [1.54, 1.807) is 23.9 Å². The summed E-state index contributed by atoms with van der Waals surface area (Å²) in [6.45, 7) is 0. The van der Waals surface area contributed by atoms with Crippen molar-refractivity contribution in [2.45, 2.75) is 0 Å². The lowest BCUT2D eigenvalue weighted by Crippen LogP contribution is -1.98. The average molecular weight is 387 g/mol. The van der Waals surface area contributed by atoms with Gasteiger partial charge in [0.2, 0.25) is 0 Å². The van der Waals surface area contributed by atoms with Crippen LogP contribution in [0.25, 0.3) is 21.7 Å². The van der Waals surface area contributed by atoms with Crippen LogP contribution in [0.2, 0.25) is 5.02 Å². The molecule has 0 fully saturated rings. The Balaban J connectivity index is 2.29. The Labute approximate surface area is 138 Å². The smallest absolute Gasteiger partial charge is 0.149 e. The molecule has 0 amide bonds. The molecule has 1 aromatic carbocycles. The van der Waals surface area contributed by atoms with Gasteiger partial charge in [0.1, 0.15) is 17.3 Å². The summed E-state index contributed by atoms with van der Waals surface area (Å²) in [5, 5.41) is 4.48. The molecule has 7 heteroatoms. The maximum Gasteiger partial charge on any atom is 0.149 e. The summed E-state index contributed by atoms with van der Waals surface area (Å²) in [6.07, 6.45) is 0. The molecule has 0 aliphatic heterocycles. The number of hydrogen-bond acceptors (Lipinski definition) is 3. The number of hydrogen-bond donors (Lipinski definition) is 1. The van der Waals surface area contributed by atoms with E-state index in [1.165, 1.54) is 17.4 Å². The van der Waals surface area contributed by atoms with Crippen LogP contribution in [-0.4, -0.2) is 9.78 Å². The number of rotatable bonds is 2. The minimum atomic E-state index is -0.490. The molecule has 3 aromatic rings. The second kappa shape index (κ2) is 5.44. The van der Waals surface area contributed by atoms with Crippen LogP contribution in [0.4, 0.5) is 10.2 Å². The third-order valence-corrected chi connectivity index (χ3v) is 5.04. The van der Waals surface area contributed by atoms with Gasteiger partial charge in [-0.1, -0.05) is 23.7 Å². The van der Waals surface area contributed by atoms with E-state index in [-0.39, 0.29) is 5.02 Å². The molecule has 2 aromatic heterocycles. The molecular formula is C14H10BrClFN3S. The fourth-order valence-corrected chi connectivity index (χ4v) is 3.67. The molecule has 0 atom stereocenters. The highest BCUT2D eigenvalue weighted by Crippen LogP contribution is 2.41. The van der Waals surface area contributed by atoms with Gasteiger partial charge in [0, 0.05) is 12.6 Å². The van der Waals surface area contributed by atoms with Crippen molar-refractivity contribution in [2.24, 2.45) is 7.05 Å². The second-order valence-electron chi connectivity index (χ2n) is 4.44. The van der Waals surface area contributed by atoms with Crippen LogP contribution in [0.3, 0.4) is 0 Å². The van der Waals surface area contributed by atoms with Crippen molar-refractivity contribution in [1.29, 1.82) is 0 Å². The number of thiophene rings is 1. The SMILES string of the molecule is Cn1nc(-c2ccc(Br)s2)c(-c2cccc(Cl)c2F)c1N. The minimum Gasteiger partial charge on any atom is -0.383 e. The van der Waals surface area contributed by atoms with Crippen molar-refractivity contribution in [3.05, 3.63) is 45.0 Å². The lowest BCUT2D eigenvalue weighted by Gasteiger charge is -2.06. The van der Waals surface area contributed by atoms with Gasteiger partial charge in [-0.3, -0.25) is 4.68 Å². The monoisotopic (exact) mass is 385 g/mol. The van der Waals surface area contributed by atoms with Gasteiger partial charge >= 0.3 is 0 Å². The van der Waals surface area contributed by atoms with E-state index in [2.05, 4.69) is 21.0 Å². The fraction of sp³-hybridized carbons (Fsp3) is 0.0714. The van der Waals surface area contributed by atoms with Crippen LogP contribution < -0.4 is 5.73 Å². The minimum absolute atomic E-state index is 0.0639. The molecule has 21 heavy (non-hydrogen) atoms. The average Bonchev–Trinajstić information content (AvgIpc) is 2.99. The predicted octanol–water partition coefficient (Wildman–Crippen LogP) is 4.95. The first kappa shape index (κ1) is 14.6. The lowest BCUT2D eigenvalue weighted by molar-refractivity contribution is 0.632. The van der Waals surface area contributed by atoms with Crippen LogP contribution in [0.5, 0.6) is 0 Å². The molecule has 0 spiro atoms. The van der Waals surface area contributed by atoms with Gasteiger partial charge < -0.3 is 5.73 Å². The number of halogens is 3. The Morgan fingerprint density at radius 2 is 2.10 bits per heavy atom. The highest BCUT2D eigenvalue weighted by Gasteiger charge is 2.22. The summed E-state index contributed by atoms with van der Waals surface area (Å²) in [5.41, 5.74) is 7.64. The van der Waals surface area contributed by atoms with E-state index in [0.717, 1.165) is 8.66 Å². The molecule has 108 valence electrons. The third kappa shape index (κ3) is 2.47. The zero-order chi connectivity index (χ0) is 15.1. The summed E-state index contributed by atoms with van der Waals surface area (Å²) in [6, 6.07) is 8.70. The number of aryl methyl sites for hydroxylation is 1. The summed E-state index contributed by atoms with van der Waals surface area (Å²) >= 11 is 10.8. The predicted molar refractivity (Wildman–Crippen MR) is 89.0 cm³/mol. The van der Waals surface area contributed by atoms with Gasteiger partial charge in [-0.25, -0.2) is 4.39 Å². The molecule has 0 unspecified atom stereocenters. The van der Waals surface area contributed by atoms with Crippen LogP contribution in [0.15, 0.2) is 34.1 Å². The normalized spacial score (nSPS) is 11.0. The van der Waals surface area contributed by atoms with Gasteiger partial charge in [0.25, 0.3) is 0 Å². The topological polar surface area (TPSA) is 43.8 Å². The number of aromatic nitrogens is 2.